The van der Waals surface area contributed by atoms with Gasteiger partial charge in [-0.1, -0.05) is 25.7 Å². The van der Waals surface area contributed by atoms with E-state index in [9.17, 15) is 0 Å². The lowest BCUT2D eigenvalue weighted by molar-refractivity contribution is 0.972. The van der Waals surface area contributed by atoms with Gasteiger partial charge < -0.3 is 0 Å². The van der Waals surface area contributed by atoms with E-state index in [4.69, 9.17) is 0 Å². The first-order valence-corrected chi connectivity index (χ1v) is 6.04. The summed E-state index contributed by atoms with van der Waals surface area (Å²) in [6, 6.07) is 0. The minimum absolute atomic E-state index is 0.879. The standard InChI is InChI=1S/C15H24N2/c1-7-14(6)16-11-13(5)9-10-15(8-2)17-12(3)4/h7,11H,1,3,8-10H2,2,4-6H3/b13-11+,16-14-,17-15+. The number of hydrogen-bond donors (Lipinski definition) is 0. The van der Waals surface area contributed by atoms with Gasteiger partial charge in [-0.2, -0.15) is 0 Å². The van der Waals surface area contributed by atoms with Gasteiger partial charge in [-0.25, -0.2) is 0 Å². The Morgan fingerprint density at radius 3 is 2.29 bits per heavy atom. The van der Waals surface area contributed by atoms with Gasteiger partial charge in [0.15, 0.2) is 0 Å². The van der Waals surface area contributed by atoms with Gasteiger partial charge in [0.05, 0.1) is 0 Å². The molecule has 0 saturated carbocycles. The molecule has 0 atom stereocenters. The van der Waals surface area contributed by atoms with Crippen molar-refractivity contribution in [3.8, 4) is 0 Å². The van der Waals surface area contributed by atoms with Crippen LogP contribution in [0.5, 0.6) is 0 Å². The summed E-state index contributed by atoms with van der Waals surface area (Å²) >= 11 is 0. The van der Waals surface area contributed by atoms with Crippen LogP contribution in [0.2, 0.25) is 0 Å². The van der Waals surface area contributed by atoms with Gasteiger partial charge in [-0.15, -0.1) is 0 Å². The van der Waals surface area contributed by atoms with Crippen molar-refractivity contribution in [2.24, 2.45) is 9.98 Å². The third kappa shape index (κ3) is 8.38. The van der Waals surface area contributed by atoms with E-state index in [-0.39, 0.29) is 0 Å². The molecule has 0 N–H and O–H groups in total. The second-order valence-corrected chi connectivity index (χ2v) is 4.22. The summed E-state index contributed by atoms with van der Waals surface area (Å²) in [4.78, 5) is 8.71. The molecule has 2 heteroatoms. The highest BCUT2D eigenvalue weighted by atomic mass is 14.7. The van der Waals surface area contributed by atoms with Gasteiger partial charge in [0, 0.05) is 23.3 Å². The third-order valence-corrected chi connectivity index (χ3v) is 2.35. The smallest absolute Gasteiger partial charge is 0.0366 e. The van der Waals surface area contributed by atoms with E-state index in [1.807, 2.05) is 20.0 Å². The summed E-state index contributed by atoms with van der Waals surface area (Å²) in [5, 5.41) is 0. The van der Waals surface area contributed by atoms with Crippen LogP contribution in [0.1, 0.15) is 47.0 Å². The summed E-state index contributed by atoms with van der Waals surface area (Å²) < 4.78 is 0. The first kappa shape index (κ1) is 15.6. The SMILES string of the molecule is C=C/C(C)=N\C=C(/C)CC/C(CC)=N/C(=C)C. The Kier molecular flexibility index (Phi) is 7.95. The van der Waals surface area contributed by atoms with Gasteiger partial charge in [-0.05, 0) is 46.1 Å². The average molecular weight is 232 g/mol. The van der Waals surface area contributed by atoms with Crippen LogP contribution >= 0.6 is 0 Å². The van der Waals surface area contributed by atoms with Crippen LogP contribution in [0.25, 0.3) is 0 Å². The maximum absolute atomic E-state index is 4.42. The molecule has 0 spiro atoms. The number of allylic oxidation sites excluding steroid dienone is 3. The molecule has 0 bridgehead atoms. The minimum atomic E-state index is 0.879. The van der Waals surface area contributed by atoms with Crippen molar-refractivity contribution >= 4 is 11.4 Å². The lowest BCUT2D eigenvalue weighted by Gasteiger charge is -2.04. The van der Waals surface area contributed by atoms with Crippen LogP contribution in [0.15, 0.2) is 46.7 Å². The Balaban J connectivity index is 4.36. The molecule has 0 aliphatic heterocycles. The minimum Gasteiger partial charge on any atom is -0.263 e. The second-order valence-electron chi connectivity index (χ2n) is 4.22. The monoisotopic (exact) mass is 232 g/mol. The van der Waals surface area contributed by atoms with Crippen LogP contribution in [-0.2, 0) is 0 Å². The lowest BCUT2D eigenvalue weighted by atomic mass is 10.1. The quantitative estimate of drug-likeness (QED) is 0.568. The Bertz CT molecular complexity index is 357. The normalized spacial score (nSPS) is 13.8. The molecular formula is C15H24N2. The molecule has 0 aromatic rings. The van der Waals surface area contributed by atoms with E-state index in [0.717, 1.165) is 30.7 Å². The molecule has 17 heavy (non-hydrogen) atoms. The van der Waals surface area contributed by atoms with Crippen molar-refractivity contribution in [1.82, 2.24) is 0 Å². The Hall–Kier alpha value is -1.44. The fraction of sp³-hybridized carbons (Fsp3) is 0.467. The van der Waals surface area contributed by atoms with Crippen molar-refractivity contribution in [2.75, 3.05) is 0 Å². The van der Waals surface area contributed by atoms with Crippen LogP contribution in [-0.4, -0.2) is 11.4 Å². The fourth-order valence-corrected chi connectivity index (χ4v) is 1.25. The van der Waals surface area contributed by atoms with Crippen molar-refractivity contribution in [3.05, 3.63) is 36.7 Å². The van der Waals surface area contributed by atoms with Crippen molar-refractivity contribution in [2.45, 2.75) is 47.0 Å². The molecular weight excluding hydrogens is 208 g/mol. The molecule has 94 valence electrons. The first-order valence-electron chi connectivity index (χ1n) is 6.04. The van der Waals surface area contributed by atoms with Crippen LogP contribution in [0.4, 0.5) is 0 Å². The molecule has 0 aliphatic rings. The molecule has 0 saturated heterocycles. The van der Waals surface area contributed by atoms with Crippen molar-refractivity contribution in [1.29, 1.82) is 0 Å². The van der Waals surface area contributed by atoms with Crippen molar-refractivity contribution in [3.63, 3.8) is 0 Å². The molecule has 0 aromatic carbocycles. The zero-order chi connectivity index (χ0) is 13.3. The van der Waals surface area contributed by atoms with Crippen LogP contribution in [0.3, 0.4) is 0 Å². The van der Waals surface area contributed by atoms with Crippen molar-refractivity contribution < 1.29 is 0 Å². The zero-order valence-corrected chi connectivity index (χ0v) is 11.6. The largest absolute Gasteiger partial charge is 0.263 e. The Morgan fingerprint density at radius 2 is 1.82 bits per heavy atom. The molecule has 0 aromatic heterocycles. The summed E-state index contributed by atoms with van der Waals surface area (Å²) in [5.74, 6) is 0. The molecule has 0 rings (SSSR count). The molecule has 0 radical (unpaired) electrons. The predicted octanol–water partition coefficient (Wildman–Crippen LogP) is 4.70. The maximum atomic E-state index is 4.42. The second kappa shape index (κ2) is 8.68. The van der Waals surface area contributed by atoms with Gasteiger partial charge >= 0.3 is 0 Å². The summed E-state index contributed by atoms with van der Waals surface area (Å²) in [5.41, 5.74) is 4.28. The first-order chi connectivity index (χ1) is 7.99. The van der Waals surface area contributed by atoms with E-state index < -0.39 is 0 Å². The Labute approximate surface area is 106 Å². The van der Waals surface area contributed by atoms with E-state index in [1.165, 1.54) is 11.3 Å². The average Bonchev–Trinajstić information content (AvgIpc) is 2.30. The van der Waals surface area contributed by atoms with E-state index in [2.05, 4.69) is 37.0 Å². The number of rotatable bonds is 7. The maximum Gasteiger partial charge on any atom is 0.0366 e. The zero-order valence-electron chi connectivity index (χ0n) is 11.6. The molecule has 0 aliphatic carbocycles. The van der Waals surface area contributed by atoms with Gasteiger partial charge in [0.2, 0.25) is 0 Å². The highest BCUT2D eigenvalue weighted by molar-refractivity contribution is 5.92. The Morgan fingerprint density at radius 1 is 1.18 bits per heavy atom. The number of aliphatic imine (C=N–C) groups is 2. The van der Waals surface area contributed by atoms with E-state index >= 15 is 0 Å². The number of nitrogens with zero attached hydrogens (tertiary/aromatic N) is 2. The molecule has 0 unspecified atom stereocenters. The van der Waals surface area contributed by atoms with Gasteiger partial charge in [0.1, 0.15) is 0 Å². The molecule has 0 amide bonds. The number of hydrogen-bond acceptors (Lipinski definition) is 2. The fourth-order valence-electron chi connectivity index (χ4n) is 1.25. The predicted molar refractivity (Wildman–Crippen MR) is 78.8 cm³/mol. The highest BCUT2D eigenvalue weighted by Crippen LogP contribution is 2.09. The topological polar surface area (TPSA) is 24.7 Å². The van der Waals surface area contributed by atoms with E-state index in [1.54, 1.807) is 6.08 Å². The van der Waals surface area contributed by atoms with E-state index in [0.29, 0.717) is 0 Å². The van der Waals surface area contributed by atoms with Crippen LogP contribution in [0, 0.1) is 0 Å². The lowest BCUT2D eigenvalue weighted by Crippen LogP contribution is -1.97. The third-order valence-electron chi connectivity index (χ3n) is 2.35. The molecule has 0 fully saturated rings. The molecule has 2 nitrogen and oxygen atoms in total. The van der Waals surface area contributed by atoms with Gasteiger partial charge in [-0.3, -0.25) is 9.98 Å². The summed E-state index contributed by atoms with van der Waals surface area (Å²) in [6.07, 6.45) is 6.62. The summed E-state index contributed by atoms with van der Waals surface area (Å²) in [6.45, 7) is 15.6. The van der Waals surface area contributed by atoms with Crippen LogP contribution < -0.4 is 0 Å². The molecule has 0 heterocycles. The summed E-state index contributed by atoms with van der Waals surface area (Å²) in [7, 11) is 0. The highest BCUT2D eigenvalue weighted by Gasteiger charge is 1.98. The van der Waals surface area contributed by atoms with Gasteiger partial charge in [0.25, 0.3) is 0 Å².